The van der Waals surface area contributed by atoms with Crippen molar-refractivity contribution in [2.24, 2.45) is 25.6 Å². The van der Waals surface area contributed by atoms with Crippen LogP contribution in [0.25, 0.3) is 32.7 Å². The second-order valence-corrected chi connectivity index (χ2v) is 16.9. The fourth-order valence-corrected chi connectivity index (χ4v) is 7.80. The van der Waals surface area contributed by atoms with Crippen LogP contribution >= 0.6 is 11.6 Å². The zero-order chi connectivity index (χ0) is 52.5. The van der Waals surface area contributed by atoms with Crippen LogP contribution in [0.15, 0.2) is 208 Å². The van der Waals surface area contributed by atoms with Gasteiger partial charge in [-0.25, -0.2) is 10.3 Å². The third kappa shape index (κ3) is 12.4. The Hall–Kier alpha value is -9.94. The lowest BCUT2D eigenvalue weighted by atomic mass is 9.99. The van der Waals surface area contributed by atoms with Gasteiger partial charge in [-0.2, -0.15) is 23.4 Å². The Bertz CT molecular complexity index is 3710. The van der Waals surface area contributed by atoms with Gasteiger partial charge in [0.15, 0.2) is 5.78 Å². The van der Waals surface area contributed by atoms with Gasteiger partial charge in [0.1, 0.15) is 29.5 Å². The van der Waals surface area contributed by atoms with Crippen LogP contribution in [0.3, 0.4) is 0 Å². The number of hydrogen-bond donors (Lipinski definition) is 5. The summed E-state index contributed by atoms with van der Waals surface area (Å²) in [5, 5.41) is 49.7. The van der Waals surface area contributed by atoms with E-state index < -0.39 is 23.7 Å². The third-order valence-corrected chi connectivity index (χ3v) is 11.6. The SMILES string of the molecule is O=C(NC(=O)c1ccc2c(N=Nc3ccc(-c4ccc(C(=O)c5ccc(N=Nc6c(O)ccc7cc(CON=CONc8cccc(Cl)c8)ccc67)cc5)cc4)cc3)c(O)ccc2c1)Nc1cccc(C(F)(F)F)c1. The molecule has 0 saturated carbocycles. The molecular formula is C56H38ClF3N8O7. The van der Waals surface area contributed by atoms with E-state index in [2.05, 4.69) is 41.7 Å². The smallest absolute Gasteiger partial charge is 0.416 e. The molecule has 0 spiro atoms. The molecule has 372 valence electrons. The van der Waals surface area contributed by atoms with Crippen LogP contribution in [0.1, 0.15) is 37.4 Å². The number of anilines is 2. The van der Waals surface area contributed by atoms with E-state index in [1.54, 1.807) is 91.0 Å². The van der Waals surface area contributed by atoms with Crippen LogP contribution in [0.5, 0.6) is 11.5 Å². The van der Waals surface area contributed by atoms with Gasteiger partial charge in [0.05, 0.1) is 22.6 Å². The molecule has 9 rings (SSSR count). The molecule has 3 amide bonds. The van der Waals surface area contributed by atoms with E-state index >= 15 is 0 Å². The summed E-state index contributed by atoms with van der Waals surface area (Å²) in [5.74, 6) is -1.24. The Balaban J connectivity index is 0.783. The Morgan fingerprint density at radius 2 is 1.15 bits per heavy atom. The molecule has 0 fully saturated rings. The lowest BCUT2D eigenvalue weighted by molar-refractivity contribution is -0.137. The maximum absolute atomic E-state index is 13.5. The van der Waals surface area contributed by atoms with E-state index in [-0.39, 0.29) is 46.5 Å². The number of phenols is 2. The number of carbonyl (C=O) groups excluding carboxylic acids is 3. The van der Waals surface area contributed by atoms with Gasteiger partial charge in [0, 0.05) is 38.2 Å². The Morgan fingerprint density at radius 1 is 0.587 bits per heavy atom. The number of nitrogens with one attached hydrogen (secondary N) is 3. The van der Waals surface area contributed by atoms with E-state index in [1.165, 1.54) is 36.4 Å². The van der Waals surface area contributed by atoms with Crippen LogP contribution in [0.4, 0.5) is 52.1 Å². The number of amides is 3. The summed E-state index contributed by atoms with van der Waals surface area (Å²) in [6.07, 6.45) is -3.49. The normalized spacial score (nSPS) is 11.6. The molecule has 5 N–H and O–H groups in total. The first kappa shape index (κ1) is 50.0. The molecule has 0 aliphatic carbocycles. The first-order valence-corrected chi connectivity index (χ1v) is 22.9. The summed E-state index contributed by atoms with van der Waals surface area (Å²) in [5.41, 5.74) is 7.03. The number of fused-ring (bicyclic) bond motifs is 2. The highest BCUT2D eigenvalue weighted by Crippen LogP contribution is 2.39. The van der Waals surface area contributed by atoms with Crippen molar-refractivity contribution in [1.29, 1.82) is 0 Å². The number of imide groups is 1. The summed E-state index contributed by atoms with van der Waals surface area (Å²) in [6, 6.07) is 47.0. The summed E-state index contributed by atoms with van der Waals surface area (Å²) in [4.78, 5) is 49.3. The lowest BCUT2D eigenvalue weighted by Gasteiger charge is -2.11. The van der Waals surface area contributed by atoms with E-state index in [1.807, 2.05) is 36.4 Å². The first-order chi connectivity index (χ1) is 36.2. The molecule has 0 aliphatic rings. The van der Waals surface area contributed by atoms with E-state index in [0.717, 1.165) is 46.7 Å². The number of aromatic hydroxyl groups is 2. The Morgan fingerprint density at radius 3 is 1.79 bits per heavy atom. The monoisotopic (exact) mass is 1030 g/mol. The van der Waals surface area contributed by atoms with E-state index in [0.29, 0.717) is 49.4 Å². The quantitative estimate of drug-likeness (QED) is 0.0219. The standard InChI is InChI=1S/C56H38ClF3N8O7/c57-42-4-2-6-46(30-42)68-75-32-61-74-31-33-7-23-47-38(27-33)17-25-49(69)51(47)66-65-44-21-14-37(15-22-44)53(71)36-10-8-34(9-11-36)35-12-19-43(20-13-35)64-67-52-48-24-16-40(28-39(48)18-26-50(52)70)54(72)63-55(73)62-45-5-1-3-41(29-45)56(58,59)60/h1-30,32,68-70H,31H2,(H2,62,63,72,73). The zero-order valence-corrected chi connectivity index (χ0v) is 39.5. The van der Waals surface area contributed by atoms with Gasteiger partial charge in [-0.3, -0.25) is 14.9 Å². The number of ketones is 1. The van der Waals surface area contributed by atoms with Gasteiger partial charge < -0.3 is 25.2 Å². The number of azo groups is 2. The van der Waals surface area contributed by atoms with Gasteiger partial charge >= 0.3 is 12.2 Å². The predicted octanol–water partition coefficient (Wildman–Crippen LogP) is 15.3. The second kappa shape index (κ2) is 22.2. The first-order valence-electron chi connectivity index (χ1n) is 22.5. The van der Waals surface area contributed by atoms with Crippen molar-refractivity contribution >= 4 is 91.4 Å². The van der Waals surface area contributed by atoms with E-state index in [4.69, 9.17) is 21.3 Å². The van der Waals surface area contributed by atoms with Crippen molar-refractivity contribution in [3.05, 3.63) is 215 Å². The van der Waals surface area contributed by atoms with Gasteiger partial charge in [0.2, 0.25) is 6.40 Å². The van der Waals surface area contributed by atoms with Gasteiger partial charge in [-0.05, 0) is 131 Å². The van der Waals surface area contributed by atoms with Crippen molar-refractivity contribution < 1.29 is 47.4 Å². The van der Waals surface area contributed by atoms with Crippen molar-refractivity contribution in [2.75, 3.05) is 10.8 Å². The van der Waals surface area contributed by atoms with Gasteiger partial charge in [0.25, 0.3) is 5.91 Å². The number of alkyl halides is 3. The fourth-order valence-electron chi connectivity index (χ4n) is 7.61. The highest BCUT2D eigenvalue weighted by molar-refractivity contribution is 6.30. The average Bonchev–Trinajstić information content (AvgIpc) is 3.41. The van der Waals surface area contributed by atoms with Crippen LogP contribution in [-0.2, 0) is 22.5 Å². The third-order valence-electron chi connectivity index (χ3n) is 11.4. The molecule has 0 aromatic heterocycles. The van der Waals surface area contributed by atoms with Crippen molar-refractivity contribution in [2.45, 2.75) is 12.8 Å². The number of halogens is 4. The number of nitrogens with zero attached hydrogens (tertiary/aromatic N) is 5. The molecule has 0 atom stereocenters. The van der Waals surface area contributed by atoms with Crippen molar-refractivity contribution in [3.63, 3.8) is 0 Å². The fraction of sp³-hybridized carbons (Fsp3) is 0.0357. The molecular weight excluding hydrogens is 989 g/mol. The highest BCUT2D eigenvalue weighted by Gasteiger charge is 2.30. The number of hydrogen-bond acceptors (Lipinski definition) is 13. The number of urea groups is 1. The number of carbonyl (C=O) groups is 3. The van der Waals surface area contributed by atoms with Crippen LogP contribution in [0, 0.1) is 0 Å². The molecule has 15 nitrogen and oxygen atoms in total. The number of rotatable bonds is 15. The summed E-state index contributed by atoms with van der Waals surface area (Å²) in [6.45, 7) is 0.155. The minimum absolute atomic E-state index is 0.0544. The Kier molecular flexibility index (Phi) is 14.8. The number of benzene rings is 9. The van der Waals surface area contributed by atoms with Crippen LogP contribution in [0.2, 0.25) is 5.02 Å². The van der Waals surface area contributed by atoms with Crippen LogP contribution < -0.4 is 16.1 Å². The maximum atomic E-state index is 13.5. The molecule has 0 unspecified atom stereocenters. The molecule has 0 saturated heterocycles. The molecule has 0 heterocycles. The molecule has 0 radical (unpaired) electrons. The van der Waals surface area contributed by atoms with Crippen molar-refractivity contribution in [1.82, 2.24) is 5.32 Å². The molecule has 0 aliphatic heterocycles. The summed E-state index contributed by atoms with van der Waals surface area (Å²) < 4.78 is 39.2. The van der Waals surface area contributed by atoms with Gasteiger partial charge in [-0.1, -0.05) is 95.6 Å². The minimum atomic E-state index is -4.61. The number of oxime groups is 1. The predicted molar refractivity (Wildman–Crippen MR) is 279 cm³/mol. The summed E-state index contributed by atoms with van der Waals surface area (Å²) in [7, 11) is 0. The molecule has 19 heteroatoms. The molecule has 9 aromatic carbocycles. The lowest BCUT2D eigenvalue weighted by Crippen LogP contribution is -2.34. The maximum Gasteiger partial charge on any atom is 0.416 e. The Labute approximate surface area is 429 Å². The topological polar surface area (TPSA) is 208 Å². The minimum Gasteiger partial charge on any atom is -0.506 e. The molecule has 0 bridgehead atoms. The van der Waals surface area contributed by atoms with Crippen molar-refractivity contribution in [3.8, 4) is 22.6 Å². The second-order valence-electron chi connectivity index (χ2n) is 16.5. The van der Waals surface area contributed by atoms with Gasteiger partial charge in [-0.15, -0.1) is 10.2 Å². The van der Waals surface area contributed by atoms with E-state index in [9.17, 15) is 37.8 Å². The molecule has 75 heavy (non-hydrogen) atoms. The number of phenolic OH excluding ortho intramolecular Hbond substituents is 2. The molecule has 9 aromatic rings. The zero-order valence-electron chi connectivity index (χ0n) is 38.8. The largest absolute Gasteiger partial charge is 0.506 e. The summed E-state index contributed by atoms with van der Waals surface area (Å²) >= 11 is 5.96. The average molecular weight is 1030 g/mol. The van der Waals surface area contributed by atoms with Crippen LogP contribution in [-0.4, -0.2) is 34.3 Å². The highest BCUT2D eigenvalue weighted by atomic mass is 35.5.